The molecule has 0 aliphatic carbocycles. The lowest BCUT2D eigenvalue weighted by atomic mass is 9.93. The van der Waals surface area contributed by atoms with Gasteiger partial charge in [-0.15, -0.1) is 0 Å². The predicted octanol–water partition coefficient (Wildman–Crippen LogP) is 3.03. The number of aromatic nitrogens is 2. The van der Waals surface area contributed by atoms with Crippen LogP contribution in [-0.4, -0.2) is 59.6 Å². The zero-order valence-electron chi connectivity index (χ0n) is 19.7. The van der Waals surface area contributed by atoms with Gasteiger partial charge in [0.25, 0.3) is 0 Å². The van der Waals surface area contributed by atoms with Gasteiger partial charge in [-0.25, -0.2) is 14.8 Å². The number of fused-ring (bicyclic) bond motifs is 1. The molecule has 4 rings (SSSR count). The smallest absolute Gasteiger partial charge is 0.319 e. The number of ether oxygens (including phenoxy) is 2. The SMILES string of the molecule is CCNC(=O)Nc1ccc(-c2nc(N3CCOCC3C)c3c(n2)C(C)(CC(C)O)OC3)cc1. The van der Waals surface area contributed by atoms with E-state index < -0.39 is 11.7 Å². The molecule has 178 valence electrons. The highest BCUT2D eigenvalue weighted by Gasteiger charge is 2.42. The normalized spacial score (nSPS) is 23.2. The average Bonchev–Trinajstić information content (AvgIpc) is 3.10. The molecule has 1 fully saturated rings. The number of carbonyl (C=O) groups excluding carboxylic acids is 1. The number of hydrogen-bond donors (Lipinski definition) is 3. The van der Waals surface area contributed by atoms with E-state index in [9.17, 15) is 9.90 Å². The monoisotopic (exact) mass is 455 g/mol. The molecule has 1 aromatic heterocycles. The van der Waals surface area contributed by atoms with Gasteiger partial charge in [-0.1, -0.05) is 0 Å². The third-order valence-corrected chi connectivity index (χ3v) is 6.08. The number of morpholine rings is 1. The Morgan fingerprint density at radius 3 is 2.76 bits per heavy atom. The van der Waals surface area contributed by atoms with E-state index in [1.54, 1.807) is 6.92 Å². The third kappa shape index (κ3) is 4.95. The Balaban J connectivity index is 1.73. The van der Waals surface area contributed by atoms with Gasteiger partial charge >= 0.3 is 6.03 Å². The van der Waals surface area contributed by atoms with Crippen molar-refractivity contribution in [3.8, 4) is 11.4 Å². The van der Waals surface area contributed by atoms with E-state index in [1.807, 2.05) is 38.1 Å². The van der Waals surface area contributed by atoms with Gasteiger partial charge in [0.05, 0.1) is 37.7 Å². The van der Waals surface area contributed by atoms with Gasteiger partial charge in [0, 0.05) is 36.3 Å². The highest BCUT2D eigenvalue weighted by molar-refractivity contribution is 5.89. The lowest BCUT2D eigenvalue weighted by Gasteiger charge is -2.35. The summed E-state index contributed by atoms with van der Waals surface area (Å²) < 4.78 is 11.8. The molecule has 3 heterocycles. The fourth-order valence-electron chi connectivity index (χ4n) is 4.51. The number of hydrogen-bond acceptors (Lipinski definition) is 7. The number of urea groups is 1. The summed E-state index contributed by atoms with van der Waals surface area (Å²) in [4.78, 5) is 24.0. The minimum absolute atomic E-state index is 0.179. The Hall–Kier alpha value is -2.75. The van der Waals surface area contributed by atoms with E-state index in [4.69, 9.17) is 19.4 Å². The Morgan fingerprint density at radius 2 is 2.09 bits per heavy atom. The van der Waals surface area contributed by atoms with E-state index in [1.165, 1.54) is 0 Å². The first-order valence-electron chi connectivity index (χ1n) is 11.5. The number of rotatable bonds is 6. The molecule has 0 spiro atoms. The van der Waals surface area contributed by atoms with Crippen molar-refractivity contribution in [1.82, 2.24) is 15.3 Å². The molecule has 1 saturated heterocycles. The van der Waals surface area contributed by atoms with Gasteiger partial charge in [-0.3, -0.25) is 0 Å². The van der Waals surface area contributed by atoms with Crippen LogP contribution in [0.3, 0.4) is 0 Å². The molecule has 2 aliphatic heterocycles. The van der Waals surface area contributed by atoms with E-state index >= 15 is 0 Å². The molecule has 3 unspecified atom stereocenters. The van der Waals surface area contributed by atoms with Gasteiger partial charge < -0.3 is 30.1 Å². The number of anilines is 2. The molecule has 3 N–H and O–H groups in total. The highest BCUT2D eigenvalue weighted by Crippen LogP contribution is 2.43. The zero-order valence-corrected chi connectivity index (χ0v) is 19.7. The minimum atomic E-state index is -0.689. The van der Waals surface area contributed by atoms with Crippen LogP contribution in [0.5, 0.6) is 0 Å². The maximum atomic E-state index is 11.8. The Labute approximate surface area is 194 Å². The Kier molecular flexibility index (Phi) is 6.83. The van der Waals surface area contributed by atoms with Crippen molar-refractivity contribution in [2.24, 2.45) is 0 Å². The summed E-state index contributed by atoms with van der Waals surface area (Å²) in [5.41, 5.74) is 2.64. The number of amides is 2. The van der Waals surface area contributed by atoms with Gasteiger partial charge in [-0.2, -0.15) is 0 Å². The molecule has 0 bridgehead atoms. The first kappa shape index (κ1) is 23.4. The van der Waals surface area contributed by atoms with Crippen LogP contribution in [0.1, 0.15) is 45.4 Å². The summed E-state index contributed by atoms with van der Waals surface area (Å²) in [7, 11) is 0. The highest BCUT2D eigenvalue weighted by atomic mass is 16.5. The van der Waals surface area contributed by atoms with Crippen molar-refractivity contribution in [2.45, 2.75) is 58.5 Å². The maximum absolute atomic E-state index is 11.8. The molecule has 9 nitrogen and oxygen atoms in total. The summed E-state index contributed by atoms with van der Waals surface area (Å²) in [5, 5.41) is 15.6. The molecule has 1 aromatic carbocycles. The summed E-state index contributed by atoms with van der Waals surface area (Å²) in [5.74, 6) is 1.46. The van der Waals surface area contributed by atoms with E-state index in [0.717, 1.165) is 29.2 Å². The van der Waals surface area contributed by atoms with Crippen molar-refractivity contribution in [3.05, 3.63) is 35.5 Å². The van der Waals surface area contributed by atoms with Crippen LogP contribution >= 0.6 is 0 Å². The van der Waals surface area contributed by atoms with Crippen LogP contribution < -0.4 is 15.5 Å². The summed E-state index contributed by atoms with van der Waals surface area (Å²) in [6.45, 7) is 10.7. The van der Waals surface area contributed by atoms with Crippen LogP contribution in [0, 0.1) is 0 Å². The zero-order chi connectivity index (χ0) is 23.6. The average molecular weight is 456 g/mol. The second kappa shape index (κ2) is 9.62. The van der Waals surface area contributed by atoms with Crippen molar-refractivity contribution in [1.29, 1.82) is 0 Å². The quantitative estimate of drug-likeness (QED) is 0.614. The number of carbonyl (C=O) groups is 1. The van der Waals surface area contributed by atoms with Gasteiger partial charge in [0.1, 0.15) is 11.4 Å². The molecule has 0 saturated carbocycles. The van der Waals surface area contributed by atoms with Gasteiger partial charge in [0.2, 0.25) is 0 Å². The van der Waals surface area contributed by atoms with Crippen LogP contribution in [0.15, 0.2) is 24.3 Å². The molecule has 2 aromatic rings. The Morgan fingerprint density at radius 1 is 1.33 bits per heavy atom. The van der Waals surface area contributed by atoms with Gasteiger partial charge in [0.15, 0.2) is 5.82 Å². The van der Waals surface area contributed by atoms with Crippen molar-refractivity contribution in [2.75, 3.05) is 36.5 Å². The second-order valence-corrected chi connectivity index (χ2v) is 8.95. The first-order valence-corrected chi connectivity index (χ1v) is 11.5. The summed E-state index contributed by atoms with van der Waals surface area (Å²) >= 11 is 0. The van der Waals surface area contributed by atoms with Crippen molar-refractivity contribution < 1.29 is 19.4 Å². The van der Waals surface area contributed by atoms with Crippen molar-refractivity contribution >= 4 is 17.5 Å². The number of aliphatic hydroxyl groups excluding tert-OH is 1. The van der Waals surface area contributed by atoms with Crippen LogP contribution in [-0.2, 0) is 21.7 Å². The minimum Gasteiger partial charge on any atom is -0.393 e. The lowest BCUT2D eigenvalue weighted by Crippen LogP contribution is -2.44. The summed E-state index contributed by atoms with van der Waals surface area (Å²) in [6.07, 6.45) is -0.0750. The second-order valence-electron chi connectivity index (χ2n) is 8.95. The van der Waals surface area contributed by atoms with Crippen LogP contribution in [0.25, 0.3) is 11.4 Å². The molecule has 2 amide bonds. The summed E-state index contributed by atoms with van der Waals surface area (Å²) in [6, 6.07) is 7.41. The number of aliphatic hydroxyl groups is 1. The Bertz CT molecular complexity index is 997. The maximum Gasteiger partial charge on any atom is 0.319 e. The van der Waals surface area contributed by atoms with E-state index in [0.29, 0.717) is 44.3 Å². The molecule has 2 aliphatic rings. The molecular formula is C24H33N5O4. The number of nitrogens with one attached hydrogen (secondary N) is 2. The van der Waals surface area contributed by atoms with Crippen molar-refractivity contribution in [3.63, 3.8) is 0 Å². The van der Waals surface area contributed by atoms with Crippen LogP contribution in [0.4, 0.5) is 16.3 Å². The molecule has 3 atom stereocenters. The van der Waals surface area contributed by atoms with E-state index in [2.05, 4.69) is 22.5 Å². The molecule has 9 heteroatoms. The van der Waals surface area contributed by atoms with Gasteiger partial charge in [-0.05, 0) is 52.0 Å². The van der Waals surface area contributed by atoms with Crippen LogP contribution in [0.2, 0.25) is 0 Å². The fourth-order valence-corrected chi connectivity index (χ4v) is 4.51. The largest absolute Gasteiger partial charge is 0.393 e. The lowest BCUT2D eigenvalue weighted by molar-refractivity contribution is -0.0547. The third-order valence-electron chi connectivity index (χ3n) is 6.08. The molecule has 33 heavy (non-hydrogen) atoms. The van der Waals surface area contributed by atoms with E-state index in [-0.39, 0.29) is 12.1 Å². The predicted molar refractivity (Wildman–Crippen MR) is 126 cm³/mol. The number of benzene rings is 1. The fraction of sp³-hybridized carbons (Fsp3) is 0.542. The standard InChI is InChI=1S/C24H33N5O4/c1-5-25-23(31)26-18-8-6-17(7-9-18)21-27-20-19(14-33-24(20,4)12-16(3)30)22(28-21)29-10-11-32-13-15(29)2/h6-9,15-16,30H,5,10-14H2,1-4H3,(H2,25,26,31). The number of nitrogens with zero attached hydrogens (tertiary/aromatic N) is 3. The first-order chi connectivity index (χ1) is 15.8. The topological polar surface area (TPSA) is 109 Å². The molecule has 0 radical (unpaired) electrons. The molecular weight excluding hydrogens is 422 g/mol.